The Morgan fingerprint density at radius 2 is 1.22 bits per heavy atom. The number of benzene rings is 2. The van der Waals surface area contributed by atoms with Crippen LogP contribution >= 0.6 is 0 Å². The highest BCUT2D eigenvalue weighted by molar-refractivity contribution is 6.13. The van der Waals surface area contributed by atoms with Gasteiger partial charge in [-0.05, 0) is 90.0 Å². The van der Waals surface area contributed by atoms with Gasteiger partial charge in [0.05, 0.1) is 10.8 Å². The molecule has 196 valence electrons. The van der Waals surface area contributed by atoms with Crippen molar-refractivity contribution >= 4 is 23.6 Å². The number of phenolic OH excluding ortho intramolecular Hbond substituents is 1. The van der Waals surface area contributed by atoms with Gasteiger partial charge in [0, 0.05) is 24.2 Å². The van der Waals surface area contributed by atoms with E-state index in [2.05, 4.69) is 4.90 Å². The third kappa shape index (κ3) is 4.66. The SMILES string of the molecule is CN(CCCN1C(=O)c2ccccc2C(C)(C)C1=O)CCCN1C(=O)c2cc(O)ccc2C(C)(C)C1=O. The van der Waals surface area contributed by atoms with Gasteiger partial charge >= 0.3 is 0 Å². The molecule has 0 aliphatic carbocycles. The Balaban J connectivity index is 1.31. The van der Waals surface area contributed by atoms with E-state index in [9.17, 15) is 24.3 Å². The maximum absolute atomic E-state index is 13.1. The number of aromatic hydroxyl groups is 1. The van der Waals surface area contributed by atoms with Crippen molar-refractivity contribution in [2.45, 2.75) is 51.4 Å². The number of carbonyl (C=O) groups is 4. The van der Waals surface area contributed by atoms with E-state index in [-0.39, 0.29) is 35.9 Å². The molecule has 0 spiro atoms. The maximum atomic E-state index is 13.1. The molecule has 2 aliphatic rings. The molecule has 2 heterocycles. The number of nitrogens with zero attached hydrogens (tertiary/aromatic N) is 3. The Labute approximate surface area is 217 Å². The highest BCUT2D eigenvalue weighted by atomic mass is 16.3. The van der Waals surface area contributed by atoms with Gasteiger partial charge in [-0.25, -0.2) is 0 Å². The van der Waals surface area contributed by atoms with Gasteiger partial charge in [0.2, 0.25) is 11.8 Å². The predicted octanol–water partition coefficient (Wildman–Crippen LogP) is 3.32. The van der Waals surface area contributed by atoms with Crippen molar-refractivity contribution < 1.29 is 24.3 Å². The van der Waals surface area contributed by atoms with Crippen LogP contribution in [0.1, 0.15) is 72.4 Å². The summed E-state index contributed by atoms with van der Waals surface area (Å²) in [6.45, 7) is 9.18. The molecule has 4 rings (SSSR count). The normalized spacial score (nSPS) is 18.3. The Morgan fingerprint density at radius 1 is 0.730 bits per heavy atom. The fraction of sp³-hybridized carbons (Fsp3) is 0.448. The molecule has 0 bridgehead atoms. The topological polar surface area (TPSA) is 98.2 Å². The minimum atomic E-state index is -0.858. The highest BCUT2D eigenvalue weighted by Crippen LogP contribution is 2.36. The largest absolute Gasteiger partial charge is 0.508 e. The number of hydrogen-bond acceptors (Lipinski definition) is 6. The van der Waals surface area contributed by atoms with Crippen molar-refractivity contribution in [2.24, 2.45) is 0 Å². The van der Waals surface area contributed by atoms with Crippen molar-refractivity contribution in [3.63, 3.8) is 0 Å². The number of hydrogen-bond donors (Lipinski definition) is 1. The average Bonchev–Trinajstić information content (AvgIpc) is 2.86. The minimum absolute atomic E-state index is 0.00511. The van der Waals surface area contributed by atoms with Crippen LogP contribution in [0.25, 0.3) is 0 Å². The summed E-state index contributed by atoms with van der Waals surface area (Å²) in [5.74, 6) is -1.07. The van der Waals surface area contributed by atoms with Crippen molar-refractivity contribution in [1.82, 2.24) is 14.7 Å². The fourth-order valence-electron chi connectivity index (χ4n) is 5.36. The minimum Gasteiger partial charge on any atom is -0.508 e. The van der Waals surface area contributed by atoms with Gasteiger partial charge in [-0.1, -0.05) is 24.3 Å². The second kappa shape index (κ2) is 9.74. The molecule has 0 fully saturated rings. The molecule has 0 radical (unpaired) electrons. The molecule has 0 saturated carbocycles. The maximum Gasteiger partial charge on any atom is 0.260 e. The van der Waals surface area contributed by atoms with E-state index in [1.807, 2.05) is 39.1 Å². The number of rotatable bonds is 8. The second-order valence-corrected chi connectivity index (χ2v) is 11.1. The van der Waals surface area contributed by atoms with Gasteiger partial charge in [-0.2, -0.15) is 0 Å². The van der Waals surface area contributed by atoms with Crippen LogP contribution in [0.15, 0.2) is 42.5 Å². The lowest BCUT2D eigenvalue weighted by Crippen LogP contribution is -2.52. The number of amides is 4. The number of carbonyl (C=O) groups excluding carboxylic acids is 4. The van der Waals surface area contributed by atoms with Crippen molar-refractivity contribution in [3.8, 4) is 5.75 Å². The summed E-state index contributed by atoms with van der Waals surface area (Å²) in [6, 6.07) is 11.8. The summed E-state index contributed by atoms with van der Waals surface area (Å²) >= 11 is 0. The Morgan fingerprint density at radius 3 is 1.78 bits per heavy atom. The van der Waals surface area contributed by atoms with Gasteiger partial charge < -0.3 is 10.0 Å². The quantitative estimate of drug-likeness (QED) is 0.553. The molecule has 0 atom stereocenters. The monoisotopic (exact) mass is 505 g/mol. The second-order valence-electron chi connectivity index (χ2n) is 11.1. The molecule has 8 heteroatoms. The third-order valence-electron chi connectivity index (χ3n) is 7.63. The summed E-state index contributed by atoms with van der Waals surface area (Å²) in [5, 5.41) is 9.86. The first-order valence-corrected chi connectivity index (χ1v) is 12.7. The smallest absolute Gasteiger partial charge is 0.260 e. The molecule has 2 aromatic carbocycles. The number of imide groups is 2. The average molecular weight is 506 g/mol. The lowest BCUT2D eigenvalue weighted by Gasteiger charge is -2.38. The van der Waals surface area contributed by atoms with Crippen LogP contribution < -0.4 is 0 Å². The van der Waals surface area contributed by atoms with Crippen LogP contribution in [0.3, 0.4) is 0 Å². The van der Waals surface area contributed by atoms with Crippen LogP contribution in [0.4, 0.5) is 0 Å². The molecule has 8 nitrogen and oxygen atoms in total. The van der Waals surface area contributed by atoms with Crippen LogP contribution in [0.2, 0.25) is 0 Å². The van der Waals surface area contributed by atoms with E-state index in [1.165, 1.54) is 21.9 Å². The van der Waals surface area contributed by atoms with Gasteiger partial charge in [0.15, 0.2) is 0 Å². The van der Waals surface area contributed by atoms with Gasteiger partial charge in [0.25, 0.3) is 11.8 Å². The zero-order valence-corrected chi connectivity index (χ0v) is 22.2. The van der Waals surface area contributed by atoms with Crippen LogP contribution in [-0.4, -0.2) is 76.7 Å². The molecule has 0 saturated heterocycles. The molecule has 0 aromatic heterocycles. The van der Waals surface area contributed by atoms with Crippen LogP contribution in [0, 0.1) is 0 Å². The van der Waals surface area contributed by atoms with E-state index in [0.717, 1.165) is 5.56 Å². The summed E-state index contributed by atoms with van der Waals surface area (Å²) in [4.78, 5) is 56.8. The van der Waals surface area contributed by atoms with Gasteiger partial charge in [0.1, 0.15) is 5.75 Å². The van der Waals surface area contributed by atoms with E-state index >= 15 is 0 Å². The molecule has 2 aliphatic heterocycles. The van der Waals surface area contributed by atoms with Gasteiger partial charge in [-0.3, -0.25) is 29.0 Å². The first kappa shape index (κ1) is 26.5. The summed E-state index contributed by atoms with van der Waals surface area (Å²) in [5.41, 5.74) is 0.713. The van der Waals surface area contributed by atoms with E-state index < -0.39 is 10.8 Å². The molecule has 2 aromatic rings. The van der Waals surface area contributed by atoms with Gasteiger partial charge in [-0.15, -0.1) is 0 Å². The van der Waals surface area contributed by atoms with E-state index in [0.29, 0.717) is 49.2 Å². The Hall–Kier alpha value is -3.52. The zero-order chi connectivity index (χ0) is 27.1. The Bertz CT molecular complexity index is 1270. The molecular weight excluding hydrogens is 470 g/mol. The van der Waals surface area contributed by atoms with E-state index in [1.54, 1.807) is 26.0 Å². The fourth-order valence-corrected chi connectivity index (χ4v) is 5.36. The van der Waals surface area contributed by atoms with Crippen molar-refractivity contribution in [1.29, 1.82) is 0 Å². The number of fused-ring (bicyclic) bond motifs is 2. The molecule has 4 amide bonds. The van der Waals surface area contributed by atoms with Crippen molar-refractivity contribution in [2.75, 3.05) is 33.2 Å². The molecule has 0 unspecified atom stereocenters. The van der Waals surface area contributed by atoms with E-state index in [4.69, 9.17) is 0 Å². The third-order valence-corrected chi connectivity index (χ3v) is 7.63. The van der Waals surface area contributed by atoms with Crippen LogP contribution in [-0.2, 0) is 20.4 Å². The predicted molar refractivity (Wildman–Crippen MR) is 139 cm³/mol. The highest BCUT2D eigenvalue weighted by Gasteiger charge is 2.45. The molecular formula is C29H35N3O5. The van der Waals surface area contributed by atoms with Crippen LogP contribution in [0.5, 0.6) is 5.75 Å². The zero-order valence-electron chi connectivity index (χ0n) is 22.2. The molecule has 37 heavy (non-hydrogen) atoms. The lowest BCUT2D eigenvalue weighted by molar-refractivity contribution is -0.135. The first-order chi connectivity index (χ1) is 17.4. The first-order valence-electron chi connectivity index (χ1n) is 12.7. The summed E-state index contributed by atoms with van der Waals surface area (Å²) < 4.78 is 0. The lowest BCUT2D eigenvalue weighted by atomic mass is 9.77. The summed E-state index contributed by atoms with van der Waals surface area (Å²) in [6.07, 6.45) is 1.20. The standard InChI is InChI=1S/C29H35N3O5/c1-28(2)22-11-7-6-10-20(22)24(34)31(26(28)36)16-8-14-30(5)15-9-17-32-25(35)21-18-19(33)12-13-23(21)29(3,4)27(32)37/h6-7,10-13,18,33H,8-9,14-17H2,1-5H3. The molecule has 1 N–H and O–H groups in total. The summed E-state index contributed by atoms with van der Waals surface area (Å²) in [7, 11) is 1.94. The Kier molecular flexibility index (Phi) is 6.99. The van der Waals surface area contributed by atoms with Crippen molar-refractivity contribution in [3.05, 3.63) is 64.7 Å². The number of phenols is 1.